The highest BCUT2D eigenvalue weighted by Gasteiger charge is 2.54. The minimum absolute atomic E-state index is 0.0760. The molecule has 0 aromatic heterocycles. The molecule has 22 nitrogen and oxygen atoms in total. The molecule has 18 unspecified atom stereocenters. The van der Waals surface area contributed by atoms with Crippen LogP contribution in [0.1, 0.15) is 210 Å². The number of Topliss-reactive ketones (excluding diaryl/α,β-unsaturated/α-hetero) is 1. The molecule has 0 bridgehead atoms. The summed E-state index contributed by atoms with van der Waals surface area (Å²) in [6.07, 6.45) is 4.10. The molecule has 3 fully saturated rings. The van der Waals surface area contributed by atoms with Gasteiger partial charge in [-0.3, -0.25) is 18.9 Å². The summed E-state index contributed by atoms with van der Waals surface area (Å²) in [4.78, 5) is 54.2. The Kier molecular flexibility index (Phi) is 34.5. The van der Waals surface area contributed by atoms with E-state index in [1.54, 1.807) is 72.7 Å². The Labute approximate surface area is 514 Å². The maximum Gasteiger partial charge on any atom is 0.397 e. The van der Waals surface area contributed by atoms with Gasteiger partial charge in [0.15, 0.2) is 18.7 Å². The van der Waals surface area contributed by atoms with Gasteiger partial charge in [-0.05, 0) is 112 Å². The summed E-state index contributed by atoms with van der Waals surface area (Å²) in [7, 11) is 0.973. The Morgan fingerprint density at radius 3 is 1.85 bits per heavy atom. The van der Waals surface area contributed by atoms with Crippen molar-refractivity contribution in [2.24, 2.45) is 23.7 Å². The molecule has 4 rings (SSSR count). The first-order chi connectivity index (χ1) is 40.2. The number of nitrogens with two attached hydrogens (primary N) is 1. The molecule has 3 heterocycles. The van der Waals surface area contributed by atoms with Gasteiger partial charge >= 0.3 is 28.3 Å². The summed E-state index contributed by atoms with van der Waals surface area (Å²) in [5.74, 6) is -5.87. The van der Waals surface area contributed by atoms with E-state index in [1.807, 2.05) is 25.9 Å². The molecule has 1 aromatic rings. The number of anilines is 1. The van der Waals surface area contributed by atoms with Gasteiger partial charge in [0, 0.05) is 43.4 Å². The number of rotatable bonds is 25. The van der Waals surface area contributed by atoms with Gasteiger partial charge in [-0.25, -0.2) is 8.98 Å². The minimum atomic E-state index is -4.23. The largest absolute Gasteiger partial charge is 0.462 e. The lowest BCUT2D eigenvalue weighted by molar-refractivity contribution is -0.319. The molecular formula is C63H112N2O20S. The first-order valence-corrected chi connectivity index (χ1v) is 32.7. The molecule has 18 atom stereocenters. The molecular weight excluding hydrogens is 1140 g/mol. The number of nitrogens with zero attached hydrogens (tertiary/aromatic N) is 1. The van der Waals surface area contributed by atoms with Gasteiger partial charge in [0.1, 0.15) is 23.6 Å². The van der Waals surface area contributed by atoms with Crippen molar-refractivity contribution in [2.75, 3.05) is 40.2 Å². The fourth-order valence-corrected chi connectivity index (χ4v) is 11.9. The lowest BCUT2D eigenvalue weighted by Gasteiger charge is -2.49. The number of aliphatic hydroxyl groups is 4. The van der Waals surface area contributed by atoms with Crippen molar-refractivity contribution < 1.29 is 94.7 Å². The van der Waals surface area contributed by atoms with Gasteiger partial charge in [-0.1, -0.05) is 113 Å². The number of cyclic esters (lactones) is 1. The van der Waals surface area contributed by atoms with Crippen molar-refractivity contribution in [3.8, 4) is 0 Å². The van der Waals surface area contributed by atoms with Crippen LogP contribution in [0.25, 0.3) is 0 Å². The number of methoxy groups -OCH3 is 1. The predicted octanol–water partition coefficient (Wildman–Crippen LogP) is 8.70. The predicted molar refractivity (Wildman–Crippen MR) is 326 cm³/mol. The van der Waals surface area contributed by atoms with Gasteiger partial charge in [-0.15, -0.1) is 0 Å². The number of ketones is 1. The zero-order valence-electron chi connectivity index (χ0n) is 54.7. The number of hydrogen-bond acceptors (Lipinski definition) is 21. The monoisotopic (exact) mass is 1250 g/mol. The summed E-state index contributed by atoms with van der Waals surface area (Å²) in [5.41, 5.74) is 1.77. The number of likely N-dealkylation sites (N-methyl/N-ethyl adjacent to an activating group) is 1. The standard InChI is InChI=1S/C40H71NO14.C12H26O4S.C11H15NO2/c1-15-27-40(11,48)33(44)22(5)30(43)20(3)18-38(9,47)35(55-37-32(53-28(42)16-2)26(41(12)13)17-21(4)50-37)23(6)31(24(7)36(46)52-27)54-29-19-39(10,49-14)34(45)25(8)51-29;1-2-3-4-5-6-7-8-9-10-11-12-16-17(13,14)15;1-2-3-8-14-11(13)9-4-6-10(12)7-5-9/h20-27,29,31-35,37,44-45,47-48H,15-19H2,1-14H3;2-12H2,1H3,(H,13,14,15);4-7H,2-3,8,12H2,1H3. The lowest BCUT2D eigenvalue weighted by Crippen LogP contribution is -2.61. The van der Waals surface area contributed by atoms with Crippen molar-refractivity contribution in [3.05, 3.63) is 29.8 Å². The van der Waals surface area contributed by atoms with E-state index in [0.29, 0.717) is 30.7 Å². The van der Waals surface area contributed by atoms with E-state index in [2.05, 4.69) is 18.0 Å². The van der Waals surface area contributed by atoms with Crippen molar-refractivity contribution in [2.45, 2.75) is 283 Å². The molecule has 1 aromatic carbocycles. The molecule has 0 saturated carbocycles. The molecule has 0 amide bonds. The zero-order chi connectivity index (χ0) is 65.3. The number of unbranched alkanes of at least 4 members (excludes halogenated alkanes) is 10. The van der Waals surface area contributed by atoms with Crippen LogP contribution in [0, 0.1) is 23.7 Å². The fourth-order valence-electron chi connectivity index (χ4n) is 11.5. The third-order valence-corrected chi connectivity index (χ3v) is 17.4. The second-order valence-electron chi connectivity index (χ2n) is 24.8. The number of benzene rings is 1. The van der Waals surface area contributed by atoms with Crippen LogP contribution >= 0.6 is 0 Å². The quantitative estimate of drug-likeness (QED) is 0.0175. The highest BCUT2D eigenvalue weighted by atomic mass is 32.3. The highest BCUT2D eigenvalue weighted by molar-refractivity contribution is 7.80. The molecule has 3 saturated heterocycles. The number of carbonyl (C=O) groups is 4. The molecule has 3 aliphatic heterocycles. The van der Waals surface area contributed by atoms with E-state index < -0.39 is 124 Å². The average molecular weight is 1250 g/mol. The number of nitrogen functional groups attached to an aromatic ring is 1. The van der Waals surface area contributed by atoms with E-state index in [-0.39, 0.29) is 50.4 Å². The third kappa shape index (κ3) is 25.1. The van der Waals surface area contributed by atoms with E-state index in [0.717, 1.165) is 25.7 Å². The number of hydrogen-bond donors (Lipinski definition) is 6. The summed E-state index contributed by atoms with van der Waals surface area (Å²) < 4.78 is 81.6. The first-order valence-electron chi connectivity index (χ1n) is 31.4. The van der Waals surface area contributed by atoms with E-state index >= 15 is 0 Å². The Morgan fingerprint density at radius 1 is 0.756 bits per heavy atom. The normalized spacial score (nSPS) is 33.9. The molecule has 23 heteroatoms. The van der Waals surface area contributed by atoms with E-state index in [1.165, 1.54) is 72.8 Å². The van der Waals surface area contributed by atoms with Crippen LogP contribution in [0.4, 0.5) is 5.69 Å². The molecule has 7 N–H and O–H groups in total. The summed E-state index contributed by atoms with van der Waals surface area (Å²) in [6.45, 7) is 22.8. The summed E-state index contributed by atoms with van der Waals surface area (Å²) >= 11 is 0. The van der Waals surface area contributed by atoms with Gasteiger partial charge < -0.3 is 69.0 Å². The fraction of sp³-hybridized carbons (Fsp3) is 0.841. The highest BCUT2D eigenvalue weighted by Crippen LogP contribution is 2.41. The topological polar surface area (TPSA) is 316 Å². The molecule has 0 radical (unpaired) electrons. The maximum absolute atomic E-state index is 14.2. The lowest BCUT2D eigenvalue weighted by atomic mass is 9.74. The van der Waals surface area contributed by atoms with Crippen molar-refractivity contribution in [1.29, 1.82) is 0 Å². The second-order valence-corrected chi connectivity index (χ2v) is 25.9. The molecule has 500 valence electrons. The maximum atomic E-state index is 14.2. The van der Waals surface area contributed by atoms with Crippen molar-refractivity contribution >= 4 is 39.8 Å². The van der Waals surface area contributed by atoms with Crippen LogP contribution in [0.3, 0.4) is 0 Å². The smallest absolute Gasteiger partial charge is 0.397 e. The van der Waals surface area contributed by atoms with Crippen molar-refractivity contribution in [1.82, 2.24) is 4.90 Å². The van der Waals surface area contributed by atoms with Crippen molar-refractivity contribution in [3.63, 3.8) is 0 Å². The van der Waals surface area contributed by atoms with Crippen LogP contribution in [0.5, 0.6) is 0 Å². The Balaban J connectivity index is 0.000000657. The van der Waals surface area contributed by atoms with Gasteiger partial charge in [0.05, 0.1) is 72.5 Å². The van der Waals surface area contributed by atoms with Crippen LogP contribution in [0.15, 0.2) is 24.3 Å². The number of aliphatic hydroxyl groups excluding tert-OH is 2. The zero-order valence-corrected chi connectivity index (χ0v) is 55.5. The Hall–Kier alpha value is -3.43. The van der Waals surface area contributed by atoms with Gasteiger partial charge in [0.25, 0.3) is 0 Å². The summed E-state index contributed by atoms with van der Waals surface area (Å²) in [6, 6.07) is 6.40. The summed E-state index contributed by atoms with van der Waals surface area (Å²) in [5, 5.41) is 46.6. The van der Waals surface area contributed by atoms with Crippen LogP contribution in [0.2, 0.25) is 0 Å². The molecule has 3 aliphatic rings. The average Bonchev–Trinajstić information content (AvgIpc) is 1.04. The van der Waals surface area contributed by atoms with Crippen LogP contribution in [-0.4, -0.2) is 181 Å². The number of carbonyl (C=O) groups excluding carboxylic acids is 4. The van der Waals surface area contributed by atoms with E-state index in [9.17, 15) is 48.0 Å². The SMILES string of the molecule is CCC(=O)OC1C(OC2C(C)C(OC3CC(C)(OC)C(O)C(C)O3)C(C)C(=O)OC(CC)C(C)(O)C(O)C(C)C(=O)C(C)CC2(C)O)OC(C)CC1N(C)C.CCCCCCCCCCCCOS(=O)(=O)O.CCCCOC(=O)c1ccc(N)cc1. The van der Waals surface area contributed by atoms with Crippen LogP contribution in [-0.2, 0) is 66.9 Å². The molecule has 0 spiro atoms. The third-order valence-electron chi connectivity index (χ3n) is 17.0. The van der Waals surface area contributed by atoms with E-state index in [4.69, 9.17) is 48.2 Å². The molecule has 0 aliphatic carbocycles. The Morgan fingerprint density at radius 2 is 1.33 bits per heavy atom. The van der Waals surface area contributed by atoms with Gasteiger partial charge in [-0.2, -0.15) is 8.42 Å². The Bertz CT molecular complexity index is 2250. The van der Waals surface area contributed by atoms with Crippen LogP contribution < -0.4 is 5.73 Å². The van der Waals surface area contributed by atoms with Gasteiger partial charge in [0.2, 0.25) is 0 Å². The number of esters is 3. The number of ether oxygens (including phenoxy) is 8. The minimum Gasteiger partial charge on any atom is -0.462 e. The second kappa shape index (κ2) is 37.7. The molecule has 86 heavy (non-hydrogen) atoms. The first kappa shape index (κ1) is 78.7.